The van der Waals surface area contributed by atoms with E-state index in [-0.39, 0.29) is 0 Å². The van der Waals surface area contributed by atoms with E-state index in [2.05, 4.69) is 16.4 Å². The summed E-state index contributed by atoms with van der Waals surface area (Å²) in [5.41, 5.74) is 8.02. The zero-order chi connectivity index (χ0) is 13.2. The molecule has 1 aromatic carbocycles. The van der Waals surface area contributed by atoms with Gasteiger partial charge in [0, 0.05) is 35.8 Å². The lowest BCUT2D eigenvalue weighted by molar-refractivity contribution is 0.120. The molecular formula is C15H19N3O. The number of nitrogens with one attached hydrogen (secondary N) is 1. The number of pyridine rings is 1. The maximum absolute atomic E-state index is 6.06. The Bertz CT molecular complexity index is 591. The molecule has 0 radical (unpaired) electrons. The lowest BCUT2D eigenvalue weighted by Crippen LogP contribution is -2.19. The second-order valence-electron chi connectivity index (χ2n) is 5.12. The number of hydrogen-bond acceptors (Lipinski definition) is 4. The third-order valence-corrected chi connectivity index (χ3v) is 3.58. The minimum atomic E-state index is 0.305. The molecule has 0 aliphatic carbocycles. The first-order valence-corrected chi connectivity index (χ1v) is 6.74. The van der Waals surface area contributed by atoms with Crippen molar-refractivity contribution in [3.8, 4) is 0 Å². The number of nitrogen functional groups attached to an aromatic ring is 1. The van der Waals surface area contributed by atoms with Gasteiger partial charge >= 0.3 is 0 Å². The summed E-state index contributed by atoms with van der Waals surface area (Å²) >= 11 is 0. The van der Waals surface area contributed by atoms with Gasteiger partial charge in [0.2, 0.25) is 0 Å². The first-order valence-electron chi connectivity index (χ1n) is 6.74. The molecule has 19 heavy (non-hydrogen) atoms. The second-order valence-corrected chi connectivity index (χ2v) is 5.12. The van der Waals surface area contributed by atoms with Gasteiger partial charge in [0.25, 0.3) is 0 Å². The van der Waals surface area contributed by atoms with E-state index in [0.29, 0.717) is 6.10 Å². The molecule has 1 aliphatic heterocycles. The fourth-order valence-corrected chi connectivity index (χ4v) is 2.62. The van der Waals surface area contributed by atoms with Crippen LogP contribution in [0.3, 0.4) is 0 Å². The second kappa shape index (κ2) is 5.05. The molecule has 0 spiro atoms. The number of fused-ring (bicyclic) bond motifs is 1. The maximum atomic E-state index is 6.06. The number of anilines is 2. The Morgan fingerprint density at radius 3 is 3.11 bits per heavy atom. The molecule has 1 atom stereocenters. The standard InChI is InChI=1S/C15H19N3O/c1-10-7-13-12(14(16)8-10)4-5-17-15(13)18-9-11-3-2-6-19-11/h4-5,7-8,11H,2-3,6,9,16H2,1H3,(H,17,18). The van der Waals surface area contributed by atoms with Gasteiger partial charge in [-0.1, -0.05) is 0 Å². The summed E-state index contributed by atoms with van der Waals surface area (Å²) < 4.78 is 5.62. The minimum absolute atomic E-state index is 0.305. The van der Waals surface area contributed by atoms with Crippen molar-refractivity contribution in [3.05, 3.63) is 30.0 Å². The van der Waals surface area contributed by atoms with Gasteiger partial charge in [-0.3, -0.25) is 0 Å². The summed E-state index contributed by atoms with van der Waals surface area (Å²) in [5.74, 6) is 0.892. The number of nitrogens with zero attached hydrogens (tertiary/aromatic N) is 1. The van der Waals surface area contributed by atoms with Crippen LogP contribution in [0, 0.1) is 6.92 Å². The average Bonchev–Trinajstić information content (AvgIpc) is 2.89. The SMILES string of the molecule is Cc1cc(N)c2ccnc(NCC3CCCO3)c2c1. The molecular weight excluding hydrogens is 238 g/mol. The maximum Gasteiger partial charge on any atom is 0.133 e. The number of aryl methyl sites for hydroxylation is 1. The van der Waals surface area contributed by atoms with Crippen LogP contribution in [0.4, 0.5) is 11.5 Å². The van der Waals surface area contributed by atoms with Crippen LogP contribution in [0.5, 0.6) is 0 Å². The molecule has 1 aromatic heterocycles. The first-order chi connectivity index (χ1) is 9.24. The summed E-state index contributed by atoms with van der Waals surface area (Å²) in [4.78, 5) is 4.43. The van der Waals surface area contributed by atoms with Gasteiger partial charge in [0.05, 0.1) is 6.10 Å². The predicted octanol–water partition coefficient (Wildman–Crippen LogP) is 2.72. The summed E-state index contributed by atoms with van der Waals surface area (Å²) in [6.07, 6.45) is 4.38. The zero-order valence-electron chi connectivity index (χ0n) is 11.1. The Morgan fingerprint density at radius 2 is 2.32 bits per heavy atom. The van der Waals surface area contributed by atoms with E-state index in [9.17, 15) is 0 Å². The number of rotatable bonds is 3. The van der Waals surface area contributed by atoms with Crippen LogP contribution in [0.25, 0.3) is 10.8 Å². The van der Waals surface area contributed by atoms with E-state index >= 15 is 0 Å². The largest absolute Gasteiger partial charge is 0.398 e. The Morgan fingerprint density at radius 1 is 1.42 bits per heavy atom. The fraction of sp³-hybridized carbons (Fsp3) is 0.400. The van der Waals surface area contributed by atoms with Gasteiger partial charge < -0.3 is 15.8 Å². The van der Waals surface area contributed by atoms with Crippen LogP contribution in [0.1, 0.15) is 18.4 Å². The number of aromatic nitrogens is 1. The van der Waals surface area contributed by atoms with Gasteiger partial charge in [-0.15, -0.1) is 0 Å². The molecule has 3 N–H and O–H groups in total. The quantitative estimate of drug-likeness (QED) is 0.830. The van der Waals surface area contributed by atoms with Crippen molar-refractivity contribution in [2.45, 2.75) is 25.9 Å². The van der Waals surface area contributed by atoms with Crippen molar-refractivity contribution < 1.29 is 4.74 Å². The minimum Gasteiger partial charge on any atom is -0.398 e. The van der Waals surface area contributed by atoms with Gasteiger partial charge in [-0.25, -0.2) is 4.98 Å². The van der Waals surface area contributed by atoms with Crippen molar-refractivity contribution in [3.63, 3.8) is 0 Å². The molecule has 1 saturated heterocycles. The van der Waals surface area contributed by atoms with Crippen molar-refractivity contribution >= 4 is 22.3 Å². The van der Waals surface area contributed by atoms with Gasteiger partial charge in [-0.05, 0) is 43.5 Å². The Labute approximate surface area is 113 Å². The van der Waals surface area contributed by atoms with E-state index < -0.39 is 0 Å². The Balaban J connectivity index is 1.89. The van der Waals surface area contributed by atoms with E-state index in [1.807, 2.05) is 19.1 Å². The third-order valence-electron chi connectivity index (χ3n) is 3.58. The summed E-state index contributed by atoms with van der Waals surface area (Å²) in [7, 11) is 0. The van der Waals surface area contributed by atoms with Gasteiger partial charge in [0.1, 0.15) is 5.82 Å². The molecule has 3 rings (SSSR count). The van der Waals surface area contributed by atoms with E-state index in [1.54, 1.807) is 6.20 Å². The van der Waals surface area contributed by atoms with Crippen LogP contribution >= 0.6 is 0 Å². The Kier molecular flexibility index (Phi) is 3.25. The first kappa shape index (κ1) is 12.2. The fourth-order valence-electron chi connectivity index (χ4n) is 2.62. The summed E-state index contributed by atoms with van der Waals surface area (Å²) in [6.45, 7) is 3.73. The van der Waals surface area contributed by atoms with Crippen LogP contribution in [-0.2, 0) is 4.74 Å². The normalized spacial score (nSPS) is 18.9. The smallest absolute Gasteiger partial charge is 0.133 e. The number of hydrogen-bond donors (Lipinski definition) is 2. The topological polar surface area (TPSA) is 60.2 Å². The zero-order valence-corrected chi connectivity index (χ0v) is 11.1. The highest BCUT2D eigenvalue weighted by atomic mass is 16.5. The molecule has 4 nitrogen and oxygen atoms in total. The van der Waals surface area contributed by atoms with Crippen molar-refractivity contribution in [1.82, 2.24) is 4.98 Å². The average molecular weight is 257 g/mol. The van der Waals surface area contributed by atoms with Gasteiger partial charge in [0.15, 0.2) is 0 Å². The van der Waals surface area contributed by atoms with E-state index in [4.69, 9.17) is 10.5 Å². The molecule has 0 saturated carbocycles. The van der Waals surface area contributed by atoms with Crippen molar-refractivity contribution in [2.75, 3.05) is 24.2 Å². The monoisotopic (exact) mass is 257 g/mol. The number of benzene rings is 1. The number of ether oxygens (including phenoxy) is 1. The highest BCUT2D eigenvalue weighted by molar-refractivity contribution is 5.99. The van der Waals surface area contributed by atoms with Crippen LogP contribution in [0.15, 0.2) is 24.4 Å². The molecule has 0 amide bonds. The highest BCUT2D eigenvalue weighted by Crippen LogP contribution is 2.27. The van der Waals surface area contributed by atoms with E-state index in [0.717, 1.165) is 53.8 Å². The predicted molar refractivity (Wildman–Crippen MR) is 78.4 cm³/mol. The molecule has 2 heterocycles. The van der Waals surface area contributed by atoms with Gasteiger partial charge in [-0.2, -0.15) is 0 Å². The number of nitrogens with two attached hydrogens (primary N) is 1. The molecule has 4 heteroatoms. The molecule has 2 aromatic rings. The lowest BCUT2D eigenvalue weighted by Gasteiger charge is -2.14. The molecule has 100 valence electrons. The molecule has 1 aliphatic rings. The van der Waals surface area contributed by atoms with E-state index in [1.165, 1.54) is 0 Å². The molecule has 1 unspecified atom stereocenters. The molecule has 0 bridgehead atoms. The van der Waals surface area contributed by atoms with Crippen LogP contribution < -0.4 is 11.1 Å². The van der Waals surface area contributed by atoms with Crippen LogP contribution in [-0.4, -0.2) is 24.2 Å². The Hall–Kier alpha value is -1.81. The highest BCUT2D eigenvalue weighted by Gasteiger charge is 2.15. The van der Waals surface area contributed by atoms with Crippen molar-refractivity contribution in [2.24, 2.45) is 0 Å². The van der Waals surface area contributed by atoms with Crippen LogP contribution in [0.2, 0.25) is 0 Å². The summed E-state index contributed by atoms with van der Waals surface area (Å²) in [5, 5.41) is 5.53. The molecule has 1 fully saturated rings. The third kappa shape index (κ3) is 2.49. The van der Waals surface area contributed by atoms with Crippen molar-refractivity contribution in [1.29, 1.82) is 0 Å². The lowest BCUT2D eigenvalue weighted by atomic mass is 10.1. The summed E-state index contributed by atoms with van der Waals surface area (Å²) in [6, 6.07) is 6.07.